The van der Waals surface area contributed by atoms with Crippen molar-refractivity contribution in [3.63, 3.8) is 0 Å². The maximum Gasteiger partial charge on any atom is 0.574 e. The minimum atomic E-state index is -5.14. The summed E-state index contributed by atoms with van der Waals surface area (Å²) in [5.74, 6) is -3.43. The van der Waals surface area contributed by atoms with Gasteiger partial charge in [-0.3, -0.25) is 0 Å². The third kappa shape index (κ3) is 3.22. The monoisotopic (exact) mass is 269 g/mol. The molecule has 1 heterocycles. The zero-order valence-corrected chi connectivity index (χ0v) is 8.92. The number of aromatic carboxylic acids is 1. The molecule has 5 nitrogen and oxygen atoms in total. The van der Waals surface area contributed by atoms with Crippen LogP contribution in [0.15, 0.2) is 6.07 Å². The van der Waals surface area contributed by atoms with E-state index in [-0.39, 0.29) is 5.88 Å². The van der Waals surface area contributed by atoms with Gasteiger partial charge >= 0.3 is 12.3 Å². The second-order valence-corrected chi connectivity index (χ2v) is 2.99. The molecule has 0 atom stereocenters. The van der Waals surface area contributed by atoms with Crippen LogP contribution in [0, 0.1) is 0 Å². The van der Waals surface area contributed by atoms with Gasteiger partial charge in [0.2, 0.25) is 11.8 Å². The van der Waals surface area contributed by atoms with Crippen LogP contribution >= 0.6 is 0 Å². The van der Waals surface area contributed by atoms with E-state index in [9.17, 15) is 22.4 Å². The van der Waals surface area contributed by atoms with Crippen molar-refractivity contribution in [1.29, 1.82) is 0 Å². The number of aromatic nitrogens is 1. The predicted octanol–water partition coefficient (Wildman–Crippen LogP) is 2.16. The number of carbonyl (C=O) groups is 1. The average Bonchev–Trinajstić information content (AvgIpc) is 2.25. The van der Waals surface area contributed by atoms with E-state index in [1.807, 2.05) is 0 Å². The van der Waals surface area contributed by atoms with Crippen molar-refractivity contribution in [2.24, 2.45) is 0 Å². The van der Waals surface area contributed by atoms with Crippen LogP contribution in [-0.4, -0.2) is 29.5 Å². The number of halogens is 4. The molecule has 0 aliphatic rings. The molecule has 0 aromatic carbocycles. The van der Waals surface area contributed by atoms with Crippen molar-refractivity contribution >= 4 is 5.97 Å². The molecule has 1 rings (SSSR count). The van der Waals surface area contributed by atoms with Gasteiger partial charge in [-0.25, -0.2) is 9.18 Å². The topological polar surface area (TPSA) is 68.7 Å². The zero-order chi connectivity index (χ0) is 13.9. The Kier molecular flexibility index (Phi) is 3.94. The van der Waals surface area contributed by atoms with Gasteiger partial charge in [-0.15, -0.1) is 13.2 Å². The minimum absolute atomic E-state index is 0.383. The fraction of sp³-hybridized carbons (Fsp3) is 0.333. The standard InChI is InChI=1S/C9H7F4NO4/c1-17-5-2-4(3-10)6(8(15)16)7(14-5)18-9(11,12)13/h2H,3H2,1H3,(H,15,16). The minimum Gasteiger partial charge on any atom is -0.481 e. The highest BCUT2D eigenvalue weighted by Crippen LogP contribution is 2.30. The van der Waals surface area contributed by atoms with E-state index in [1.165, 1.54) is 0 Å². The lowest BCUT2D eigenvalue weighted by Gasteiger charge is -2.13. The first-order valence-corrected chi connectivity index (χ1v) is 4.41. The maximum absolute atomic E-state index is 12.6. The highest BCUT2D eigenvalue weighted by molar-refractivity contribution is 5.92. The van der Waals surface area contributed by atoms with Crippen LogP contribution in [0.5, 0.6) is 11.8 Å². The largest absolute Gasteiger partial charge is 0.574 e. The van der Waals surface area contributed by atoms with Gasteiger partial charge in [-0.05, 0) is 0 Å². The summed E-state index contributed by atoms with van der Waals surface area (Å²) >= 11 is 0. The molecule has 0 fully saturated rings. The number of hydrogen-bond acceptors (Lipinski definition) is 4. The Morgan fingerprint density at radius 2 is 2.11 bits per heavy atom. The zero-order valence-electron chi connectivity index (χ0n) is 8.92. The molecule has 0 unspecified atom stereocenters. The van der Waals surface area contributed by atoms with E-state index in [0.717, 1.165) is 13.2 Å². The maximum atomic E-state index is 12.6. The smallest absolute Gasteiger partial charge is 0.481 e. The number of ether oxygens (including phenoxy) is 2. The van der Waals surface area contributed by atoms with Crippen molar-refractivity contribution in [2.45, 2.75) is 13.0 Å². The van der Waals surface area contributed by atoms with Crippen LogP contribution in [0.4, 0.5) is 17.6 Å². The van der Waals surface area contributed by atoms with Crippen molar-refractivity contribution < 1.29 is 36.9 Å². The fourth-order valence-electron chi connectivity index (χ4n) is 1.17. The summed E-state index contributed by atoms with van der Waals surface area (Å²) in [4.78, 5) is 14.0. The summed E-state index contributed by atoms with van der Waals surface area (Å²) in [6, 6.07) is 0.882. The number of alkyl halides is 4. The predicted molar refractivity (Wildman–Crippen MR) is 49.2 cm³/mol. The van der Waals surface area contributed by atoms with Crippen LogP contribution in [0.2, 0.25) is 0 Å². The highest BCUT2D eigenvalue weighted by Gasteiger charge is 2.35. The Balaban J connectivity index is 3.39. The number of carboxylic acids is 1. The Morgan fingerprint density at radius 3 is 2.50 bits per heavy atom. The Bertz CT molecular complexity index is 461. The molecule has 1 aromatic rings. The molecule has 9 heteroatoms. The van der Waals surface area contributed by atoms with E-state index in [0.29, 0.717) is 0 Å². The molecule has 0 aliphatic heterocycles. The molecule has 0 spiro atoms. The molecule has 18 heavy (non-hydrogen) atoms. The molecule has 0 radical (unpaired) electrons. The normalized spacial score (nSPS) is 11.2. The molecule has 0 saturated carbocycles. The molecule has 1 aromatic heterocycles. The van der Waals surface area contributed by atoms with E-state index in [1.54, 1.807) is 0 Å². The van der Waals surface area contributed by atoms with E-state index >= 15 is 0 Å². The summed E-state index contributed by atoms with van der Waals surface area (Å²) in [6.45, 7) is -1.30. The second kappa shape index (κ2) is 5.07. The number of rotatable bonds is 4. The van der Waals surface area contributed by atoms with Crippen LogP contribution in [0.25, 0.3) is 0 Å². The Morgan fingerprint density at radius 1 is 1.50 bits per heavy atom. The van der Waals surface area contributed by atoms with Crippen molar-refractivity contribution in [1.82, 2.24) is 4.98 Å². The van der Waals surface area contributed by atoms with Crippen molar-refractivity contribution in [3.8, 4) is 11.8 Å². The second-order valence-electron chi connectivity index (χ2n) is 2.99. The van der Waals surface area contributed by atoms with Gasteiger partial charge in [0.25, 0.3) is 0 Å². The SMILES string of the molecule is COc1cc(CF)c(C(=O)O)c(OC(F)(F)F)n1. The van der Waals surface area contributed by atoms with Crippen LogP contribution in [-0.2, 0) is 6.67 Å². The average molecular weight is 269 g/mol. The third-order valence-corrected chi connectivity index (χ3v) is 1.82. The van der Waals surface area contributed by atoms with Crippen LogP contribution < -0.4 is 9.47 Å². The summed E-state index contributed by atoms with van der Waals surface area (Å²) in [5.41, 5.74) is -1.51. The number of hydrogen-bond donors (Lipinski definition) is 1. The van der Waals surface area contributed by atoms with Gasteiger partial charge < -0.3 is 14.6 Å². The summed E-state index contributed by atoms with van der Waals surface area (Å²) in [6.07, 6.45) is -5.14. The van der Waals surface area contributed by atoms with Gasteiger partial charge in [-0.2, -0.15) is 4.98 Å². The quantitative estimate of drug-likeness (QED) is 0.848. The van der Waals surface area contributed by atoms with E-state index < -0.39 is 36.0 Å². The number of methoxy groups -OCH3 is 1. The molecule has 100 valence electrons. The summed E-state index contributed by atoms with van der Waals surface area (Å²) < 4.78 is 56.8. The molecular formula is C9H7F4NO4. The highest BCUT2D eigenvalue weighted by atomic mass is 19.4. The van der Waals surface area contributed by atoms with Gasteiger partial charge in [0, 0.05) is 11.6 Å². The number of pyridine rings is 1. The summed E-state index contributed by atoms with van der Waals surface area (Å²) in [7, 11) is 1.09. The lowest BCUT2D eigenvalue weighted by atomic mass is 10.1. The van der Waals surface area contributed by atoms with Crippen LogP contribution in [0.1, 0.15) is 15.9 Å². The lowest BCUT2D eigenvalue weighted by Crippen LogP contribution is -2.21. The van der Waals surface area contributed by atoms with Gasteiger partial charge in [-0.1, -0.05) is 0 Å². The fourth-order valence-corrected chi connectivity index (χ4v) is 1.17. The Labute approximate surface area is 98.0 Å². The number of carboxylic acid groups (broad SMARTS) is 1. The van der Waals surface area contributed by atoms with Gasteiger partial charge in [0.15, 0.2) is 0 Å². The van der Waals surface area contributed by atoms with E-state index in [2.05, 4.69) is 14.5 Å². The van der Waals surface area contributed by atoms with Gasteiger partial charge in [0.05, 0.1) is 7.11 Å². The molecular weight excluding hydrogens is 262 g/mol. The molecule has 0 aliphatic carbocycles. The van der Waals surface area contributed by atoms with Crippen LogP contribution in [0.3, 0.4) is 0 Å². The molecule has 0 saturated heterocycles. The first-order chi connectivity index (χ1) is 8.28. The van der Waals surface area contributed by atoms with Crippen molar-refractivity contribution in [2.75, 3.05) is 7.11 Å². The first-order valence-electron chi connectivity index (χ1n) is 4.41. The molecule has 1 N–H and O–H groups in total. The molecule has 0 amide bonds. The Hall–Kier alpha value is -2.06. The third-order valence-electron chi connectivity index (χ3n) is 1.82. The van der Waals surface area contributed by atoms with E-state index in [4.69, 9.17) is 5.11 Å². The number of nitrogens with zero attached hydrogens (tertiary/aromatic N) is 1. The lowest BCUT2D eigenvalue weighted by molar-refractivity contribution is -0.276. The van der Waals surface area contributed by atoms with Crippen molar-refractivity contribution in [3.05, 3.63) is 17.2 Å². The molecule has 0 bridgehead atoms. The summed E-state index contributed by atoms with van der Waals surface area (Å²) in [5, 5.41) is 8.74. The first kappa shape index (κ1) is 14.0. The van der Waals surface area contributed by atoms with Gasteiger partial charge in [0.1, 0.15) is 12.2 Å².